The molecule has 2 N–H and O–H groups in total. The van der Waals surface area contributed by atoms with Gasteiger partial charge >= 0.3 is 0 Å². The Labute approximate surface area is 166 Å². The van der Waals surface area contributed by atoms with Gasteiger partial charge in [0, 0.05) is 45.3 Å². The summed E-state index contributed by atoms with van der Waals surface area (Å²) in [4.78, 5) is 9.41. The molecule has 1 aromatic carbocycles. The van der Waals surface area contributed by atoms with Crippen LogP contribution in [0.4, 0.5) is 0 Å². The third-order valence-electron chi connectivity index (χ3n) is 5.58. The van der Waals surface area contributed by atoms with Crippen LogP contribution < -0.4 is 10.6 Å². The minimum atomic E-state index is 0.514. The number of hydrogen-bond donors (Lipinski definition) is 2. The summed E-state index contributed by atoms with van der Waals surface area (Å²) in [5.41, 5.74) is 2.68. The molecule has 1 heterocycles. The number of rotatable bonds is 8. The molecule has 152 valence electrons. The van der Waals surface area contributed by atoms with Gasteiger partial charge in [-0.25, -0.2) is 0 Å². The molecule has 5 heteroatoms. The van der Waals surface area contributed by atoms with Crippen LogP contribution >= 0.6 is 0 Å². The van der Waals surface area contributed by atoms with Crippen molar-refractivity contribution in [1.29, 1.82) is 0 Å². The van der Waals surface area contributed by atoms with Crippen molar-refractivity contribution in [3.63, 3.8) is 0 Å². The molecule has 1 aromatic rings. The molecule has 0 amide bonds. The van der Waals surface area contributed by atoms with E-state index in [4.69, 9.17) is 0 Å². The molecular weight excluding hydrogens is 334 g/mol. The van der Waals surface area contributed by atoms with Gasteiger partial charge in [-0.3, -0.25) is 9.89 Å². The normalized spacial score (nSPS) is 16.9. The van der Waals surface area contributed by atoms with E-state index >= 15 is 0 Å². The lowest BCUT2D eigenvalue weighted by Gasteiger charge is -2.35. The Kier molecular flexibility index (Phi) is 9.08. The first-order valence-electron chi connectivity index (χ1n) is 10.6. The van der Waals surface area contributed by atoms with Crippen LogP contribution in [-0.4, -0.2) is 61.1 Å². The summed E-state index contributed by atoms with van der Waals surface area (Å²) in [6.45, 7) is 15.3. The van der Waals surface area contributed by atoms with Crippen molar-refractivity contribution in [1.82, 2.24) is 20.4 Å². The topological polar surface area (TPSA) is 42.9 Å². The van der Waals surface area contributed by atoms with Gasteiger partial charge < -0.3 is 15.5 Å². The van der Waals surface area contributed by atoms with Crippen LogP contribution in [0.25, 0.3) is 0 Å². The molecular formula is C22H39N5. The minimum Gasteiger partial charge on any atom is -0.354 e. The standard InChI is InChI=1S/C22H39N5/c1-6-26(7-2)17-20-10-8-9-19(15-20)16-24-22(23-5)25-21-11-13-27(14-12-21)18(3)4/h8-10,15,18,21H,6-7,11-14,16-17H2,1-5H3,(H2,23,24,25). The van der Waals surface area contributed by atoms with Crippen molar-refractivity contribution in [2.24, 2.45) is 4.99 Å². The molecule has 0 atom stereocenters. The van der Waals surface area contributed by atoms with Crippen LogP contribution in [0.2, 0.25) is 0 Å². The molecule has 1 saturated heterocycles. The van der Waals surface area contributed by atoms with Crippen molar-refractivity contribution in [2.45, 2.75) is 65.7 Å². The van der Waals surface area contributed by atoms with Crippen molar-refractivity contribution in [3.05, 3.63) is 35.4 Å². The van der Waals surface area contributed by atoms with Crippen LogP contribution in [0.1, 0.15) is 51.7 Å². The molecule has 1 aliphatic heterocycles. The average Bonchev–Trinajstić information content (AvgIpc) is 2.70. The first-order valence-corrected chi connectivity index (χ1v) is 10.6. The van der Waals surface area contributed by atoms with E-state index in [1.807, 2.05) is 7.05 Å². The monoisotopic (exact) mass is 373 g/mol. The number of aliphatic imine (C=N–C) groups is 1. The predicted molar refractivity (Wildman–Crippen MR) is 116 cm³/mol. The highest BCUT2D eigenvalue weighted by atomic mass is 15.2. The van der Waals surface area contributed by atoms with E-state index in [0.717, 1.165) is 32.1 Å². The molecule has 0 saturated carbocycles. The van der Waals surface area contributed by atoms with E-state index in [-0.39, 0.29) is 0 Å². The summed E-state index contributed by atoms with van der Waals surface area (Å²) in [6, 6.07) is 10.0. The van der Waals surface area contributed by atoms with Gasteiger partial charge in [-0.1, -0.05) is 38.1 Å². The van der Waals surface area contributed by atoms with Crippen molar-refractivity contribution < 1.29 is 0 Å². The van der Waals surface area contributed by atoms with Gasteiger partial charge in [0.2, 0.25) is 0 Å². The van der Waals surface area contributed by atoms with Crippen molar-refractivity contribution in [3.8, 4) is 0 Å². The molecule has 0 aromatic heterocycles. The molecule has 1 aliphatic rings. The zero-order valence-electron chi connectivity index (χ0n) is 18.0. The number of nitrogens with one attached hydrogen (secondary N) is 2. The van der Waals surface area contributed by atoms with E-state index < -0.39 is 0 Å². The smallest absolute Gasteiger partial charge is 0.191 e. The Balaban J connectivity index is 1.82. The molecule has 2 rings (SSSR count). The van der Waals surface area contributed by atoms with Crippen molar-refractivity contribution >= 4 is 5.96 Å². The molecule has 1 fully saturated rings. The van der Waals surface area contributed by atoms with E-state index in [1.165, 1.54) is 37.1 Å². The van der Waals surface area contributed by atoms with Crippen LogP contribution in [-0.2, 0) is 13.1 Å². The second kappa shape index (κ2) is 11.3. The Hall–Kier alpha value is -1.59. The van der Waals surface area contributed by atoms with Crippen LogP contribution in [0.5, 0.6) is 0 Å². The molecule has 0 bridgehead atoms. The highest BCUT2D eigenvalue weighted by Crippen LogP contribution is 2.13. The van der Waals surface area contributed by atoms with Gasteiger partial charge in [0.15, 0.2) is 5.96 Å². The lowest BCUT2D eigenvalue weighted by Crippen LogP contribution is -2.49. The molecule has 27 heavy (non-hydrogen) atoms. The third-order valence-corrected chi connectivity index (χ3v) is 5.58. The summed E-state index contributed by atoms with van der Waals surface area (Å²) in [5.74, 6) is 0.909. The number of benzene rings is 1. The average molecular weight is 374 g/mol. The fraction of sp³-hybridized carbons (Fsp3) is 0.682. The summed E-state index contributed by atoms with van der Waals surface area (Å²) < 4.78 is 0. The zero-order valence-corrected chi connectivity index (χ0v) is 18.0. The lowest BCUT2D eigenvalue weighted by molar-refractivity contribution is 0.167. The fourth-order valence-electron chi connectivity index (χ4n) is 3.68. The second-order valence-corrected chi connectivity index (χ2v) is 7.76. The highest BCUT2D eigenvalue weighted by molar-refractivity contribution is 5.79. The molecule has 0 unspecified atom stereocenters. The number of nitrogens with zero attached hydrogens (tertiary/aromatic N) is 3. The summed E-state index contributed by atoms with van der Waals surface area (Å²) in [7, 11) is 1.86. The largest absolute Gasteiger partial charge is 0.354 e. The van der Waals surface area contributed by atoms with E-state index in [1.54, 1.807) is 0 Å². The number of guanidine groups is 1. The number of hydrogen-bond acceptors (Lipinski definition) is 3. The summed E-state index contributed by atoms with van der Waals surface area (Å²) in [5, 5.41) is 7.09. The Morgan fingerprint density at radius 1 is 1.19 bits per heavy atom. The SMILES string of the molecule is CCN(CC)Cc1cccc(CNC(=NC)NC2CCN(C(C)C)CC2)c1. The highest BCUT2D eigenvalue weighted by Gasteiger charge is 2.21. The third kappa shape index (κ3) is 7.15. The zero-order chi connectivity index (χ0) is 19.6. The van der Waals surface area contributed by atoms with Crippen molar-refractivity contribution in [2.75, 3.05) is 33.2 Å². The van der Waals surface area contributed by atoms with E-state index in [9.17, 15) is 0 Å². The van der Waals surface area contributed by atoms with Crippen LogP contribution in [0.15, 0.2) is 29.3 Å². The van der Waals surface area contributed by atoms with E-state index in [0.29, 0.717) is 12.1 Å². The Morgan fingerprint density at radius 2 is 1.85 bits per heavy atom. The quantitative estimate of drug-likeness (QED) is 0.543. The fourth-order valence-corrected chi connectivity index (χ4v) is 3.68. The molecule has 0 spiro atoms. The van der Waals surface area contributed by atoms with Crippen LogP contribution in [0.3, 0.4) is 0 Å². The first kappa shape index (κ1) is 21.7. The predicted octanol–water partition coefficient (Wildman–Crippen LogP) is 3.07. The number of likely N-dealkylation sites (tertiary alicyclic amines) is 1. The molecule has 5 nitrogen and oxygen atoms in total. The van der Waals surface area contributed by atoms with Gasteiger partial charge in [0.1, 0.15) is 0 Å². The maximum Gasteiger partial charge on any atom is 0.191 e. The molecule has 0 radical (unpaired) electrons. The van der Waals surface area contributed by atoms with Gasteiger partial charge in [-0.2, -0.15) is 0 Å². The van der Waals surface area contributed by atoms with Gasteiger partial charge in [0.25, 0.3) is 0 Å². The first-order chi connectivity index (χ1) is 13.0. The second-order valence-electron chi connectivity index (χ2n) is 7.76. The maximum atomic E-state index is 4.42. The Bertz CT molecular complexity index is 572. The van der Waals surface area contributed by atoms with Crippen LogP contribution in [0, 0.1) is 0 Å². The summed E-state index contributed by atoms with van der Waals surface area (Å²) >= 11 is 0. The Morgan fingerprint density at radius 3 is 2.44 bits per heavy atom. The summed E-state index contributed by atoms with van der Waals surface area (Å²) in [6.07, 6.45) is 2.36. The molecule has 0 aliphatic carbocycles. The van der Waals surface area contributed by atoms with E-state index in [2.05, 4.69) is 77.4 Å². The van der Waals surface area contributed by atoms with Gasteiger partial charge in [0.05, 0.1) is 0 Å². The maximum absolute atomic E-state index is 4.42. The lowest BCUT2D eigenvalue weighted by atomic mass is 10.0. The minimum absolute atomic E-state index is 0.514. The number of piperidine rings is 1. The van der Waals surface area contributed by atoms with Gasteiger partial charge in [-0.15, -0.1) is 0 Å². The van der Waals surface area contributed by atoms with Gasteiger partial charge in [-0.05, 0) is 50.9 Å².